The Labute approximate surface area is 438 Å². The Bertz CT molecular complexity index is 1460. The minimum atomic E-state index is -0.812. The SMILES string of the molecule is CC/C=C\C/C=C\C/C=C\C/C=C\C/C=C\CCCCCCCCCC(=O)OCC(COC(=O)CC/C=C\C/C=C\C/C=C\C/C=C\CC)OC(=O)CCCCCCCCCCCCCCCCCCC. The molecule has 0 heterocycles. The first kappa shape index (κ1) is 67.1. The molecule has 0 aromatic rings. The van der Waals surface area contributed by atoms with Gasteiger partial charge in [-0.25, -0.2) is 0 Å². The van der Waals surface area contributed by atoms with E-state index in [1.54, 1.807) is 0 Å². The predicted octanol–water partition coefficient (Wildman–Crippen LogP) is 19.9. The fourth-order valence-corrected chi connectivity index (χ4v) is 7.95. The molecule has 0 saturated heterocycles. The third-order valence-electron chi connectivity index (χ3n) is 12.3. The first-order valence-corrected chi connectivity index (χ1v) is 29.4. The zero-order valence-electron chi connectivity index (χ0n) is 46.2. The van der Waals surface area contributed by atoms with Crippen LogP contribution in [0.5, 0.6) is 0 Å². The number of carbonyl (C=O) groups is 3. The summed E-state index contributed by atoms with van der Waals surface area (Å²) in [5, 5.41) is 0. The molecule has 0 aromatic heterocycles. The van der Waals surface area contributed by atoms with Crippen LogP contribution >= 0.6 is 0 Å². The van der Waals surface area contributed by atoms with E-state index in [4.69, 9.17) is 14.2 Å². The van der Waals surface area contributed by atoms with Crippen molar-refractivity contribution in [3.63, 3.8) is 0 Å². The zero-order chi connectivity index (χ0) is 51.4. The van der Waals surface area contributed by atoms with Gasteiger partial charge in [-0.1, -0.05) is 265 Å². The lowest BCUT2D eigenvalue weighted by Gasteiger charge is -2.18. The highest BCUT2D eigenvalue weighted by Crippen LogP contribution is 2.16. The molecule has 404 valence electrons. The number of allylic oxidation sites excluding steroid dienone is 18. The van der Waals surface area contributed by atoms with Crippen molar-refractivity contribution in [2.75, 3.05) is 13.2 Å². The molecule has 0 aliphatic heterocycles. The van der Waals surface area contributed by atoms with Gasteiger partial charge in [0.15, 0.2) is 6.10 Å². The molecule has 0 fully saturated rings. The molecule has 0 aromatic carbocycles. The van der Waals surface area contributed by atoms with Gasteiger partial charge in [0.05, 0.1) is 0 Å². The molecule has 0 rings (SSSR count). The molecule has 0 spiro atoms. The van der Waals surface area contributed by atoms with E-state index in [1.165, 1.54) is 116 Å². The van der Waals surface area contributed by atoms with Crippen molar-refractivity contribution in [3.8, 4) is 0 Å². The molecule has 0 aliphatic carbocycles. The summed E-state index contributed by atoms with van der Waals surface area (Å²) in [5.74, 6) is -0.996. The first-order chi connectivity index (χ1) is 35.0. The number of unbranched alkanes of at least 4 members (excludes halogenated alkanes) is 23. The lowest BCUT2D eigenvalue weighted by atomic mass is 10.0. The number of hydrogen-bond acceptors (Lipinski definition) is 6. The maximum atomic E-state index is 12.9. The average Bonchev–Trinajstić information content (AvgIpc) is 3.37. The number of esters is 3. The van der Waals surface area contributed by atoms with Crippen LogP contribution in [0, 0.1) is 0 Å². The first-order valence-electron chi connectivity index (χ1n) is 29.4. The molecular weight excluding hydrogens is 877 g/mol. The minimum absolute atomic E-state index is 0.106. The van der Waals surface area contributed by atoms with Gasteiger partial charge in [0.1, 0.15) is 13.2 Å². The van der Waals surface area contributed by atoms with Crippen LogP contribution in [0.3, 0.4) is 0 Å². The summed E-state index contributed by atoms with van der Waals surface area (Å²) in [4.78, 5) is 38.1. The number of hydrogen-bond donors (Lipinski definition) is 0. The molecule has 0 amide bonds. The summed E-state index contributed by atoms with van der Waals surface area (Å²) in [6.07, 6.45) is 79.5. The van der Waals surface area contributed by atoms with Gasteiger partial charge in [-0.05, 0) is 89.9 Å². The molecule has 6 nitrogen and oxygen atoms in total. The largest absolute Gasteiger partial charge is 0.462 e. The second-order valence-corrected chi connectivity index (χ2v) is 19.1. The van der Waals surface area contributed by atoms with Gasteiger partial charge < -0.3 is 14.2 Å². The summed E-state index contributed by atoms with van der Waals surface area (Å²) in [6, 6.07) is 0. The van der Waals surface area contributed by atoms with E-state index in [9.17, 15) is 14.4 Å². The number of ether oxygens (including phenoxy) is 3. The maximum Gasteiger partial charge on any atom is 0.306 e. The van der Waals surface area contributed by atoms with E-state index in [0.717, 1.165) is 103 Å². The summed E-state index contributed by atoms with van der Waals surface area (Å²) in [7, 11) is 0. The third-order valence-corrected chi connectivity index (χ3v) is 12.3. The molecule has 0 radical (unpaired) electrons. The van der Waals surface area contributed by atoms with Gasteiger partial charge in [0, 0.05) is 19.3 Å². The van der Waals surface area contributed by atoms with Crippen LogP contribution in [-0.4, -0.2) is 37.2 Å². The normalized spacial score (nSPS) is 12.9. The van der Waals surface area contributed by atoms with Gasteiger partial charge >= 0.3 is 17.9 Å². The molecule has 0 saturated carbocycles. The summed E-state index contributed by atoms with van der Waals surface area (Å²) in [5.41, 5.74) is 0. The highest BCUT2D eigenvalue weighted by Gasteiger charge is 2.19. The smallest absolute Gasteiger partial charge is 0.306 e. The molecule has 0 aliphatic rings. The van der Waals surface area contributed by atoms with Crippen molar-refractivity contribution < 1.29 is 28.6 Å². The Kier molecular flexibility index (Phi) is 55.4. The Morgan fingerprint density at radius 3 is 0.944 bits per heavy atom. The standard InChI is InChI=1S/C65H108O6/c1-4-7-10-13-16-19-22-25-27-29-30-31-32-33-34-36-37-40-43-46-49-52-55-58-64(67)70-61-62(60-69-63(66)57-54-51-48-45-42-39-24-21-18-15-12-9-6-3)71-65(68)59-56-53-50-47-44-41-38-35-28-26-23-20-17-14-11-8-5-2/h7,9-10,12,16,18-19,21,25,27,30-31,33-34,39,42,48,51,62H,4-6,8,11,13-15,17,20,22-24,26,28-29,32,35-38,40-41,43-47,49-50,52-61H2,1-3H3/b10-7-,12-9-,19-16-,21-18-,27-25-,31-30-,34-33-,42-39-,51-48-. The van der Waals surface area contributed by atoms with Gasteiger partial charge in [0.25, 0.3) is 0 Å². The van der Waals surface area contributed by atoms with Crippen LogP contribution in [0.4, 0.5) is 0 Å². The fraction of sp³-hybridized carbons (Fsp3) is 0.677. The Morgan fingerprint density at radius 1 is 0.296 bits per heavy atom. The van der Waals surface area contributed by atoms with Gasteiger partial charge in [0.2, 0.25) is 0 Å². The lowest BCUT2D eigenvalue weighted by molar-refractivity contribution is -0.166. The molecule has 0 bridgehead atoms. The van der Waals surface area contributed by atoms with Gasteiger partial charge in [-0.15, -0.1) is 0 Å². The number of rotatable bonds is 52. The summed E-state index contributed by atoms with van der Waals surface area (Å²) < 4.78 is 16.8. The van der Waals surface area contributed by atoms with E-state index in [1.807, 2.05) is 6.08 Å². The predicted molar refractivity (Wildman–Crippen MR) is 307 cm³/mol. The third kappa shape index (κ3) is 56.9. The van der Waals surface area contributed by atoms with Crippen molar-refractivity contribution in [1.29, 1.82) is 0 Å². The van der Waals surface area contributed by atoms with Crippen LogP contribution < -0.4 is 0 Å². The van der Waals surface area contributed by atoms with Gasteiger partial charge in [-0.3, -0.25) is 14.4 Å². The topological polar surface area (TPSA) is 78.9 Å². The quantitative estimate of drug-likeness (QED) is 0.0261. The second-order valence-electron chi connectivity index (χ2n) is 19.1. The second kappa shape index (κ2) is 58.6. The van der Waals surface area contributed by atoms with Crippen LogP contribution in [0.25, 0.3) is 0 Å². The number of carbonyl (C=O) groups excluding carboxylic acids is 3. The van der Waals surface area contributed by atoms with Crippen LogP contribution in [0.15, 0.2) is 109 Å². The average molecular weight is 986 g/mol. The van der Waals surface area contributed by atoms with E-state index in [0.29, 0.717) is 19.3 Å². The van der Waals surface area contributed by atoms with Crippen LogP contribution in [0.1, 0.15) is 265 Å². The Morgan fingerprint density at radius 2 is 0.577 bits per heavy atom. The van der Waals surface area contributed by atoms with Crippen LogP contribution in [0.2, 0.25) is 0 Å². The van der Waals surface area contributed by atoms with Crippen molar-refractivity contribution in [1.82, 2.24) is 0 Å². The van der Waals surface area contributed by atoms with Crippen molar-refractivity contribution in [2.45, 2.75) is 271 Å². The van der Waals surface area contributed by atoms with E-state index in [2.05, 4.69) is 124 Å². The van der Waals surface area contributed by atoms with Crippen LogP contribution in [-0.2, 0) is 28.6 Å². The van der Waals surface area contributed by atoms with Gasteiger partial charge in [-0.2, -0.15) is 0 Å². The zero-order valence-corrected chi connectivity index (χ0v) is 46.2. The highest BCUT2D eigenvalue weighted by atomic mass is 16.6. The molecule has 1 unspecified atom stereocenters. The van der Waals surface area contributed by atoms with E-state index in [-0.39, 0.29) is 37.5 Å². The van der Waals surface area contributed by atoms with Crippen molar-refractivity contribution in [3.05, 3.63) is 109 Å². The molecule has 1 atom stereocenters. The Balaban J connectivity index is 4.42. The maximum absolute atomic E-state index is 12.9. The highest BCUT2D eigenvalue weighted by molar-refractivity contribution is 5.71. The molecule has 0 N–H and O–H groups in total. The molecule has 6 heteroatoms. The monoisotopic (exact) mass is 985 g/mol. The summed E-state index contributed by atoms with van der Waals surface area (Å²) in [6.45, 7) is 6.35. The minimum Gasteiger partial charge on any atom is -0.462 e. The van der Waals surface area contributed by atoms with Crippen molar-refractivity contribution >= 4 is 17.9 Å². The van der Waals surface area contributed by atoms with E-state index < -0.39 is 6.10 Å². The summed E-state index contributed by atoms with van der Waals surface area (Å²) >= 11 is 0. The van der Waals surface area contributed by atoms with Crippen molar-refractivity contribution in [2.24, 2.45) is 0 Å². The molecular formula is C65H108O6. The molecule has 71 heavy (non-hydrogen) atoms. The van der Waals surface area contributed by atoms with E-state index >= 15 is 0 Å². The Hall–Kier alpha value is -3.93. The lowest BCUT2D eigenvalue weighted by Crippen LogP contribution is -2.30. The fourth-order valence-electron chi connectivity index (χ4n) is 7.95.